The number of ether oxygens (including phenoxy) is 1. The van der Waals surface area contributed by atoms with Crippen LogP contribution in [0.5, 0.6) is 5.75 Å². The Morgan fingerprint density at radius 1 is 1.32 bits per heavy atom. The number of anilines is 1. The Bertz CT molecular complexity index is 1070. The third-order valence-corrected chi connectivity index (χ3v) is 5.86. The van der Waals surface area contributed by atoms with E-state index in [1.807, 2.05) is 25.2 Å². The van der Waals surface area contributed by atoms with Gasteiger partial charge in [0, 0.05) is 24.4 Å². The van der Waals surface area contributed by atoms with E-state index in [0.29, 0.717) is 23.4 Å². The number of urea groups is 1. The van der Waals surface area contributed by atoms with Gasteiger partial charge in [0.1, 0.15) is 17.2 Å². The van der Waals surface area contributed by atoms with Crippen molar-refractivity contribution in [2.24, 2.45) is 7.05 Å². The Morgan fingerprint density at radius 3 is 2.96 bits per heavy atom. The fourth-order valence-electron chi connectivity index (χ4n) is 4.25. The van der Waals surface area contributed by atoms with Gasteiger partial charge in [0.25, 0.3) is 0 Å². The molecule has 1 aliphatic carbocycles. The fraction of sp³-hybridized carbons (Fsp3) is 0.333. The Morgan fingerprint density at radius 2 is 2.18 bits per heavy atom. The average molecular weight is 380 g/mol. The third kappa shape index (κ3) is 2.78. The Labute approximate surface area is 161 Å². The molecular formula is C21H21FN4O2. The number of nitrogens with one attached hydrogen (secondary N) is 2. The van der Waals surface area contributed by atoms with Gasteiger partial charge < -0.3 is 15.4 Å². The number of rotatable bonds is 2. The lowest BCUT2D eigenvalue weighted by Crippen LogP contribution is -2.50. The molecule has 1 aromatic heterocycles. The van der Waals surface area contributed by atoms with Gasteiger partial charge in [-0.15, -0.1) is 0 Å². The first-order valence-electron chi connectivity index (χ1n) is 9.50. The highest BCUT2D eigenvalue weighted by Gasteiger charge is 2.46. The van der Waals surface area contributed by atoms with Crippen molar-refractivity contribution in [1.82, 2.24) is 15.1 Å². The highest BCUT2D eigenvalue weighted by molar-refractivity contribution is 6.00. The number of nitrogens with zero attached hydrogens (tertiary/aromatic N) is 2. The van der Waals surface area contributed by atoms with Crippen molar-refractivity contribution in [2.75, 3.05) is 5.32 Å². The Hall–Kier alpha value is -3.09. The van der Waals surface area contributed by atoms with Crippen molar-refractivity contribution < 1.29 is 13.9 Å². The highest BCUT2D eigenvalue weighted by atomic mass is 19.1. The first-order chi connectivity index (χ1) is 13.5. The van der Waals surface area contributed by atoms with E-state index in [-0.39, 0.29) is 23.5 Å². The molecule has 2 N–H and O–H groups in total. The van der Waals surface area contributed by atoms with Crippen LogP contribution < -0.4 is 15.4 Å². The minimum Gasteiger partial charge on any atom is -0.487 e. The SMILES string of the molecule is Cn1ncc2c(NC(=O)N[C@@H]3CC4(CCC4)Oc4ccc(F)cc43)cccc21. The summed E-state index contributed by atoms with van der Waals surface area (Å²) in [4.78, 5) is 12.8. The molecule has 5 rings (SSSR count). The van der Waals surface area contributed by atoms with Crippen LogP contribution in [-0.2, 0) is 7.05 Å². The van der Waals surface area contributed by atoms with Crippen LogP contribution in [0.3, 0.4) is 0 Å². The zero-order valence-electron chi connectivity index (χ0n) is 15.5. The van der Waals surface area contributed by atoms with Crippen LogP contribution in [0.4, 0.5) is 14.9 Å². The summed E-state index contributed by atoms with van der Waals surface area (Å²) in [6.45, 7) is 0. The second-order valence-electron chi connectivity index (χ2n) is 7.68. The first-order valence-corrected chi connectivity index (χ1v) is 9.50. The molecule has 1 spiro atoms. The lowest BCUT2D eigenvalue weighted by Gasteiger charge is -2.48. The summed E-state index contributed by atoms with van der Waals surface area (Å²) in [5.41, 5.74) is 2.07. The van der Waals surface area contributed by atoms with Gasteiger partial charge in [0.15, 0.2) is 0 Å². The number of amides is 2. The van der Waals surface area contributed by atoms with E-state index in [4.69, 9.17) is 4.74 Å². The number of benzene rings is 2. The van der Waals surface area contributed by atoms with Gasteiger partial charge in [0.2, 0.25) is 0 Å². The van der Waals surface area contributed by atoms with Crippen molar-refractivity contribution in [3.63, 3.8) is 0 Å². The normalized spacial score (nSPS) is 19.6. The van der Waals surface area contributed by atoms with E-state index in [0.717, 1.165) is 30.2 Å². The highest BCUT2D eigenvalue weighted by Crippen LogP contribution is 2.48. The van der Waals surface area contributed by atoms with Crippen LogP contribution in [0, 0.1) is 5.82 Å². The number of carbonyl (C=O) groups is 1. The molecule has 0 saturated heterocycles. The molecule has 1 saturated carbocycles. The molecule has 7 heteroatoms. The standard InChI is InChI=1S/C21H21FN4O2/c1-26-18-5-2-4-16(15(18)12-23-26)24-20(27)25-17-11-21(8-3-9-21)28-19-7-6-13(22)10-14(17)19/h2,4-7,10,12,17H,3,8-9,11H2,1H3,(H2,24,25,27)/t17-/m1/s1. The summed E-state index contributed by atoms with van der Waals surface area (Å²) in [5.74, 6) is 0.325. The van der Waals surface area contributed by atoms with E-state index in [1.165, 1.54) is 12.1 Å². The van der Waals surface area contributed by atoms with Crippen LogP contribution in [0.1, 0.15) is 37.3 Å². The number of halogens is 1. The van der Waals surface area contributed by atoms with E-state index in [9.17, 15) is 9.18 Å². The summed E-state index contributed by atoms with van der Waals surface area (Å²) < 4.78 is 21.7. The van der Waals surface area contributed by atoms with Crippen LogP contribution in [0.25, 0.3) is 10.9 Å². The number of aryl methyl sites for hydroxylation is 1. The molecule has 1 atom stereocenters. The van der Waals surface area contributed by atoms with E-state index in [2.05, 4.69) is 15.7 Å². The zero-order chi connectivity index (χ0) is 19.3. The quantitative estimate of drug-likeness (QED) is 0.697. The molecule has 2 aliphatic rings. The molecule has 1 fully saturated rings. The lowest BCUT2D eigenvalue weighted by atomic mass is 9.73. The molecule has 6 nitrogen and oxygen atoms in total. The van der Waals surface area contributed by atoms with Gasteiger partial charge in [-0.3, -0.25) is 4.68 Å². The average Bonchev–Trinajstić information content (AvgIpc) is 3.03. The third-order valence-electron chi connectivity index (χ3n) is 5.86. The predicted molar refractivity (Wildman–Crippen MR) is 104 cm³/mol. The molecule has 0 radical (unpaired) electrons. The Balaban J connectivity index is 1.40. The molecule has 2 amide bonds. The summed E-state index contributed by atoms with van der Waals surface area (Å²) in [5, 5.41) is 11.1. The van der Waals surface area contributed by atoms with E-state index < -0.39 is 0 Å². The molecule has 2 aromatic carbocycles. The maximum absolute atomic E-state index is 13.8. The monoisotopic (exact) mass is 380 g/mol. The van der Waals surface area contributed by atoms with Crippen molar-refractivity contribution in [1.29, 1.82) is 0 Å². The summed E-state index contributed by atoms with van der Waals surface area (Å²) in [6.07, 6.45) is 5.40. The number of aromatic nitrogens is 2. The summed E-state index contributed by atoms with van der Waals surface area (Å²) in [7, 11) is 1.86. The minimum absolute atomic E-state index is 0.244. The minimum atomic E-state index is -0.334. The predicted octanol–water partition coefficient (Wildman–Crippen LogP) is 4.28. The number of hydrogen-bond donors (Lipinski definition) is 2. The van der Waals surface area contributed by atoms with Gasteiger partial charge in [0.05, 0.1) is 23.4 Å². The fourth-order valence-corrected chi connectivity index (χ4v) is 4.25. The van der Waals surface area contributed by atoms with Crippen molar-refractivity contribution in [2.45, 2.75) is 37.3 Å². The summed E-state index contributed by atoms with van der Waals surface area (Å²) in [6, 6.07) is 9.55. The molecule has 0 unspecified atom stereocenters. The smallest absolute Gasteiger partial charge is 0.319 e. The molecule has 3 aromatic rings. The van der Waals surface area contributed by atoms with E-state index >= 15 is 0 Å². The van der Waals surface area contributed by atoms with Crippen molar-refractivity contribution in [3.8, 4) is 5.75 Å². The topological polar surface area (TPSA) is 68.2 Å². The van der Waals surface area contributed by atoms with Crippen LogP contribution in [0.15, 0.2) is 42.6 Å². The first kappa shape index (κ1) is 17.0. The molecular weight excluding hydrogens is 359 g/mol. The van der Waals surface area contributed by atoms with E-state index in [1.54, 1.807) is 16.9 Å². The van der Waals surface area contributed by atoms with Gasteiger partial charge >= 0.3 is 6.03 Å². The zero-order valence-corrected chi connectivity index (χ0v) is 15.5. The van der Waals surface area contributed by atoms with Crippen LogP contribution >= 0.6 is 0 Å². The number of fused-ring (bicyclic) bond motifs is 2. The van der Waals surface area contributed by atoms with Crippen molar-refractivity contribution in [3.05, 3.63) is 54.0 Å². The van der Waals surface area contributed by atoms with Gasteiger partial charge in [-0.1, -0.05) is 6.07 Å². The lowest BCUT2D eigenvalue weighted by molar-refractivity contribution is -0.0355. The van der Waals surface area contributed by atoms with Crippen LogP contribution in [-0.4, -0.2) is 21.4 Å². The second-order valence-corrected chi connectivity index (χ2v) is 7.68. The molecule has 28 heavy (non-hydrogen) atoms. The maximum atomic E-state index is 13.8. The van der Waals surface area contributed by atoms with Gasteiger partial charge in [-0.05, 0) is 49.6 Å². The number of carbonyl (C=O) groups excluding carboxylic acids is 1. The maximum Gasteiger partial charge on any atom is 0.319 e. The molecule has 0 bridgehead atoms. The Kier molecular flexibility index (Phi) is 3.79. The van der Waals surface area contributed by atoms with Gasteiger partial charge in [-0.25, -0.2) is 9.18 Å². The summed E-state index contributed by atoms with van der Waals surface area (Å²) >= 11 is 0. The molecule has 144 valence electrons. The van der Waals surface area contributed by atoms with Gasteiger partial charge in [-0.2, -0.15) is 5.10 Å². The van der Waals surface area contributed by atoms with Crippen LogP contribution in [0.2, 0.25) is 0 Å². The van der Waals surface area contributed by atoms with Crippen molar-refractivity contribution >= 4 is 22.6 Å². The second kappa shape index (κ2) is 6.22. The molecule has 1 aliphatic heterocycles. The number of hydrogen-bond acceptors (Lipinski definition) is 3. The largest absolute Gasteiger partial charge is 0.487 e. The molecule has 2 heterocycles.